The van der Waals surface area contributed by atoms with Crippen molar-refractivity contribution in [1.82, 2.24) is 29.6 Å². The highest BCUT2D eigenvalue weighted by Crippen LogP contribution is 2.16. The normalized spacial score (nSPS) is 11.8. The van der Waals surface area contributed by atoms with Gasteiger partial charge in [-0.3, -0.25) is 4.99 Å². The number of aromatic amines is 1. The molecule has 148 valence electrons. The minimum absolute atomic E-state index is 0.603. The Labute approximate surface area is 170 Å². The van der Waals surface area contributed by atoms with E-state index in [4.69, 9.17) is 0 Å². The average Bonchev–Trinajstić information content (AvgIpc) is 3.37. The van der Waals surface area contributed by atoms with Crippen molar-refractivity contribution >= 4 is 11.6 Å². The first kappa shape index (κ1) is 18.7. The van der Waals surface area contributed by atoms with Gasteiger partial charge in [-0.2, -0.15) is 0 Å². The molecule has 1 aromatic carbocycles. The molecule has 0 unspecified atom stereocenters. The van der Waals surface area contributed by atoms with Crippen molar-refractivity contribution in [2.24, 2.45) is 4.99 Å². The topological polar surface area (TPSA) is 73.6 Å². The zero-order valence-electron chi connectivity index (χ0n) is 16.9. The number of nitrogens with one attached hydrogen (secondary N) is 2. The van der Waals surface area contributed by atoms with Crippen molar-refractivity contribution in [1.29, 1.82) is 0 Å². The lowest BCUT2D eigenvalue weighted by Gasteiger charge is -2.20. The SMILES string of the molecule is CN=C(NCc1cn2c(C)cccc2n1)N(C)Cc1ncc(-c2ccccc2)[nH]1. The smallest absolute Gasteiger partial charge is 0.194 e. The minimum Gasteiger partial charge on any atom is -0.351 e. The number of rotatable bonds is 5. The Morgan fingerprint density at radius 3 is 2.76 bits per heavy atom. The van der Waals surface area contributed by atoms with Crippen molar-refractivity contribution in [3.05, 3.63) is 78.1 Å². The molecule has 4 rings (SSSR count). The third-order valence-corrected chi connectivity index (χ3v) is 4.85. The molecule has 0 aliphatic carbocycles. The van der Waals surface area contributed by atoms with Crippen LogP contribution < -0.4 is 5.32 Å². The molecule has 0 fully saturated rings. The number of aliphatic imine (C=N–C) groups is 1. The number of nitrogens with zero attached hydrogens (tertiary/aromatic N) is 5. The molecule has 0 aliphatic rings. The fourth-order valence-corrected chi connectivity index (χ4v) is 3.35. The third-order valence-electron chi connectivity index (χ3n) is 4.85. The second kappa shape index (κ2) is 8.18. The second-order valence-corrected chi connectivity index (χ2v) is 6.99. The number of benzene rings is 1. The Balaban J connectivity index is 1.40. The molecule has 7 nitrogen and oxygen atoms in total. The summed E-state index contributed by atoms with van der Waals surface area (Å²) in [7, 11) is 3.78. The van der Waals surface area contributed by atoms with E-state index in [1.165, 1.54) is 0 Å². The third kappa shape index (κ3) is 4.13. The quantitative estimate of drug-likeness (QED) is 0.407. The lowest BCUT2D eigenvalue weighted by molar-refractivity contribution is 0.463. The summed E-state index contributed by atoms with van der Waals surface area (Å²) in [6.07, 6.45) is 3.93. The van der Waals surface area contributed by atoms with E-state index in [0.717, 1.165) is 40.1 Å². The molecule has 0 radical (unpaired) electrons. The van der Waals surface area contributed by atoms with E-state index in [0.29, 0.717) is 13.1 Å². The maximum atomic E-state index is 4.67. The summed E-state index contributed by atoms with van der Waals surface area (Å²) in [6, 6.07) is 16.3. The van der Waals surface area contributed by atoms with E-state index < -0.39 is 0 Å². The van der Waals surface area contributed by atoms with Crippen LogP contribution in [-0.4, -0.2) is 44.3 Å². The number of hydrogen-bond donors (Lipinski definition) is 2. The first-order valence-corrected chi connectivity index (χ1v) is 9.59. The fourth-order valence-electron chi connectivity index (χ4n) is 3.35. The highest BCUT2D eigenvalue weighted by molar-refractivity contribution is 5.79. The molecule has 0 bridgehead atoms. The van der Waals surface area contributed by atoms with Gasteiger partial charge in [0.05, 0.1) is 30.7 Å². The number of H-pyrrole nitrogens is 1. The number of fused-ring (bicyclic) bond motifs is 1. The van der Waals surface area contributed by atoms with Crippen molar-refractivity contribution in [2.45, 2.75) is 20.0 Å². The lowest BCUT2D eigenvalue weighted by Crippen LogP contribution is -2.38. The second-order valence-electron chi connectivity index (χ2n) is 6.99. The first-order chi connectivity index (χ1) is 14.1. The summed E-state index contributed by atoms with van der Waals surface area (Å²) in [6.45, 7) is 3.30. The van der Waals surface area contributed by atoms with Gasteiger partial charge in [-0.05, 0) is 24.6 Å². The number of imidazole rings is 2. The minimum atomic E-state index is 0.603. The van der Waals surface area contributed by atoms with Gasteiger partial charge >= 0.3 is 0 Å². The van der Waals surface area contributed by atoms with Crippen LogP contribution in [0, 0.1) is 6.92 Å². The Morgan fingerprint density at radius 1 is 1.17 bits per heavy atom. The molecule has 0 spiro atoms. The molecular formula is C22H25N7. The zero-order chi connectivity index (χ0) is 20.2. The van der Waals surface area contributed by atoms with E-state index in [-0.39, 0.29) is 0 Å². The highest BCUT2D eigenvalue weighted by Gasteiger charge is 2.11. The van der Waals surface area contributed by atoms with Gasteiger partial charge < -0.3 is 19.6 Å². The molecule has 3 aromatic heterocycles. The van der Waals surface area contributed by atoms with Gasteiger partial charge in [0.25, 0.3) is 0 Å². The predicted octanol–water partition coefficient (Wildman–Crippen LogP) is 3.24. The number of hydrogen-bond acceptors (Lipinski definition) is 3. The van der Waals surface area contributed by atoms with E-state index >= 15 is 0 Å². The van der Waals surface area contributed by atoms with Crippen LogP contribution in [0.2, 0.25) is 0 Å². The number of aryl methyl sites for hydroxylation is 1. The summed E-state index contributed by atoms with van der Waals surface area (Å²) in [5, 5.41) is 3.38. The number of aromatic nitrogens is 4. The Morgan fingerprint density at radius 2 is 2.00 bits per heavy atom. The molecule has 0 aliphatic heterocycles. The lowest BCUT2D eigenvalue weighted by atomic mass is 10.2. The molecule has 4 aromatic rings. The maximum absolute atomic E-state index is 4.67. The largest absolute Gasteiger partial charge is 0.351 e. The van der Waals surface area contributed by atoms with Gasteiger partial charge in [0.15, 0.2) is 5.96 Å². The highest BCUT2D eigenvalue weighted by atomic mass is 15.3. The summed E-state index contributed by atoms with van der Waals surface area (Å²) < 4.78 is 2.09. The molecule has 3 heterocycles. The van der Waals surface area contributed by atoms with Gasteiger partial charge in [0, 0.05) is 26.0 Å². The molecule has 0 amide bonds. The molecule has 0 atom stereocenters. The van der Waals surface area contributed by atoms with Crippen LogP contribution >= 0.6 is 0 Å². The molecule has 0 saturated heterocycles. The van der Waals surface area contributed by atoms with Crippen molar-refractivity contribution in [3.8, 4) is 11.3 Å². The van der Waals surface area contributed by atoms with Crippen LogP contribution in [-0.2, 0) is 13.1 Å². The molecule has 29 heavy (non-hydrogen) atoms. The van der Waals surface area contributed by atoms with E-state index in [9.17, 15) is 0 Å². The van der Waals surface area contributed by atoms with Gasteiger partial charge in [-0.1, -0.05) is 36.4 Å². The van der Waals surface area contributed by atoms with Crippen LogP contribution in [0.1, 0.15) is 17.2 Å². The molecule has 2 N–H and O–H groups in total. The molecule has 0 saturated carbocycles. The zero-order valence-corrected chi connectivity index (χ0v) is 16.9. The van der Waals surface area contributed by atoms with Crippen LogP contribution in [0.25, 0.3) is 16.9 Å². The van der Waals surface area contributed by atoms with Gasteiger partial charge in [0.1, 0.15) is 11.5 Å². The first-order valence-electron chi connectivity index (χ1n) is 9.59. The van der Waals surface area contributed by atoms with Gasteiger partial charge in [0.2, 0.25) is 0 Å². The van der Waals surface area contributed by atoms with E-state index in [1.807, 2.05) is 48.5 Å². The van der Waals surface area contributed by atoms with Crippen LogP contribution in [0.4, 0.5) is 0 Å². The summed E-state index contributed by atoms with van der Waals surface area (Å²) >= 11 is 0. The van der Waals surface area contributed by atoms with Crippen LogP contribution in [0.5, 0.6) is 0 Å². The van der Waals surface area contributed by atoms with Crippen LogP contribution in [0.3, 0.4) is 0 Å². The average molecular weight is 387 g/mol. The maximum Gasteiger partial charge on any atom is 0.194 e. The van der Waals surface area contributed by atoms with Crippen molar-refractivity contribution in [2.75, 3.05) is 14.1 Å². The Hall–Kier alpha value is -3.61. The predicted molar refractivity (Wildman–Crippen MR) is 116 cm³/mol. The van der Waals surface area contributed by atoms with Crippen molar-refractivity contribution in [3.63, 3.8) is 0 Å². The van der Waals surface area contributed by atoms with Crippen LogP contribution in [0.15, 0.2) is 65.9 Å². The Bertz CT molecular complexity index is 1120. The summed E-state index contributed by atoms with van der Waals surface area (Å²) in [4.78, 5) is 19.0. The summed E-state index contributed by atoms with van der Waals surface area (Å²) in [5.74, 6) is 1.68. The Kier molecular flexibility index (Phi) is 5.29. The van der Waals surface area contributed by atoms with E-state index in [1.54, 1.807) is 7.05 Å². The number of pyridine rings is 1. The molecule has 7 heteroatoms. The number of guanidine groups is 1. The van der Waals surface area contributed by atoms with E-state index in [2.05, 4.69) is 61.0 Å². The standard InChI is InChI=1S/C22H25N7/c1-16-8-7-11-21-26-18(14-29(16)21)12-25-22(23-2)28(3)15-20-24-13-19(27-20)17-9-5-4-6-10-17/h4-11,13-14H,12,15H2,1-3H3,(H,23,25)(H,24,27). The summed E-state index contributed by atoms with van der Waals surface area (Å²) in [5.41, 5.74) is 5.22. The monoisotopic (exact) mass is 387 g/mol. The van der Waals surface area contributed by atoms with Gasteiger partial charge in [-0.15, -0.1) is 0 Å². The molecular weight excluding hydrogens is 362 g/mol. The van der Waals surface area contributed by atoms with Gasteiger partial charge in [-0.25, -0.2) is 9.97 Å². The van der Waals surface area contributed by atoms with Crippen molar-refractivity contribution < 1.29 is 0 Å². The fraction of sp³-hybridized carbons (Fsp3) is 0.227.